The molecule has 2 atom stereocenters. The van der Waals surface area contributed by atoms with Gasteiger partial charge in [0.2, 0.25) is 5.91 Å². The first-order valence-electron chi connectivity index (χ1n) is 7.16. The number of esters is 1. The Hall–Kier alpha value is -2.75. The second kappa shape index (κ2) is 8.20. The van der Waals surface area contributed by atoms with Crippen molar-refractivity contribution in [2.75, 3.05) is 7.11 Å². The van der Waals surface area contributed by atoms with Crippen LogP contribution < -0.4 is 10.5 Å². The minimum absolute atomic E-state index is 0.247. The largest absolute Gasteiger partial charge is 0.592 e. The van der Waals surface area contributed by atoms with Gasteiger partial charge in [0, 0.05) is 12.6 Å². The maximum atomic E-state index is 12.1. The van der Waals surface area contributed by atoms with Gasteiger partial charge in [-0.05, 0) is 5.56 Å². The third-order valence-electron chi connectivity index (χ3n) is 3.32. The van der Waals surface area contributed by atoms with E-state index in [0.717, 1.165) is 5.56 Å². The van der Waals surface area contributed by atoms with E-state index in [9.17, 15) is 14.8 Å². The van der Waals surface area contributed by atoms with Crippen molar-refractivity contribution in [3.8, 4) is 0 Å². The van der Waals surface area contributed by atoms with Gasteiger partial charge in [0.25, 0.3) is 0 Å². The number of hydrogen-bond donors (Lipinski definition) is 3. The van der Waals surface area contributed by atoms with E-state index in [1.807, 2.05) is 30.3 Å². The average molecular weight is 334 g/mol. The zero-order chi connectivity index (χ0) is 17.5. The van der Waals surface area contributed by atoms with Crippen LogP contribution in [0.25, 0.3) is 0 Å². The van der Waals surface area contributed by atoms with Crippen molar-refractivity contribution in [2.45, 2.75) is 19.0 Å². The van der Waals surface area contributed by atoms with Crippen LogP contribution in [0.4, 0.5) is 5.95 Å². The molecule has 0 bridgehead atoms. The molecule has 0 saturated heterocycles. The molecule has 0 fully saturated rings. The summed E-state index contributed by atoms with van der Waals surface area (Å²) in [5.41, 5.74) is 0.863. The van der Waals surface area contributed by atoms with Crippen LogP contribution >= 0.6 is 0 Å². The summed E-state index contributed by atoms with van der Waals surface area (Å²) in [5, 5.41) is 21.3. The van der Waals surface area contributed by atoms with Gasteiger partial charge in [-0.1, -0.05) is 30.3 Å². The Balaban J connectivity index is 2.04. The summed E-state index contributed by atoms with van der Waals surface area (Å²) in [6, 6.07) is 8.32. The summed E-state index contributed by atoms with van der Waals surface area (Å²) in [5.74, 6) is -1.33. The van der Waals surface area contributed by atoms with Gasteiger partial charge in [-0.25, -0.2) is 10.0 Å². The average Bonchev–Trinajstić information content (AvgIpc) is 3.02. The van der Waals surface area contributed by atoms with E-state index < -0.39 is 23.1 Å². The maximum absolute atomic E-state index is 12.1. The van der Waals surface area contributed by atoms with E-state index in [-0.39, 0.29) is 18.9 Å². The highest BCUT2D eigenvalue weighted by molar-refractivity contribution is 5.84. The molecule has 0 radical (unpaired) electrons. The fourth-order valence-electron chi connectivity index (χ4n) is 2.21. The van der Waals surface area contributed by atoms with Crippen molar-refractivity contribution in [3.63, 3.8) is 0 Å². The lowest BCUT2D eigenvalue weighted by atomic mass is 10.1. The van der Waals surface area contributed by atoms with Gasteiger partial charge >= 0.3 is 11.9 Å². The molecule has 24 heavy (non-hydrogen) atoms. The quantitative estimate of drug-likeness (QED) is 0.450. The standard InChI is InChI=1S/C15H18N4O5/c1-24-14(21)12(9-11-5-3-2-4-6-11)17-13(20)10-18-8-7-16-15(18)19(22)23/h2-8,12,19,22H,9-10H2,1H3,(H,17,20). The summed E-state index contributed by atoms with van der Waals surface area (Å²) in [6.07, 6.45) is 2.95. The molecule has 0 aliphatic rings. The number of methoxy groups -OCH3 is 1. The van der Waals surface area contributed by atoms with Crippen LogP contribution in [-0.2, 0) is 27.3 Å². The van der Waals surface area contributed by atoms with Crippen molar-refractivity contribution >= 4 is 17.8 Å². The molecule has 3 N–H and O–H groups in total. The Kier molecular flexibility index (Phi) is 6.01. The molecule has 1 aromatic carbocycles. The molecule has 1 heterocycles. The van der Waals surface area contributed by atoms with Gasteiger partial charge in [0.15, 0.2) is 0 Å². The number of rotatable bonds is 7. The van der Waals surface area contributed by atoms with Crippen molar-refractivity contribution in [1.82, 2.24) is 14.9 Å². The predicted octanol–water partition coefficient (Wildman–Crippen LogP) is -0.813. The number of imidazole rings is 1. The first-order chi connectivity index (χ1) is 11.5. The number of benzene rings is 1. The highest BCUT2D eigenvalue weighted by atomic mass is 16.8. The Morgan fingerprint density at radius 1 is 1.42 bits per heavy atom. The van der Waals surface area contributed by atoms with Crippen molar-refractivity contribution in [1.29, 1.82) is 0 Å². The van der Waals surface area contributed by atoms with Crippen LogP contribution in [-0.4, -0.2) is 39.8 Å². The first-order valence-corrected chi connectivity index (χ1v) is 7.16. The number of ether oxygens (including phenoxy) is 1. The molecular formula is C15H18N4O5. The minimum atomic E-state index is -1.23. The van der Waals surface area contributed by atoms with Crippen LogP contribution in [0.3, 0.4) is 0 Å². The monoisotopic (exact) mass is 334 g/mol. The van der Waals surface area contributed by atoms with Crippen LogP contribution in [0.5, 0.6) is 0 Å². The predicted molar refractivity (Wildman–Crippen MR) is 82.1 cm³/mol. The number of carbonyl (C=O) groups excluding carboxylic acids is 2. The molecule has 1 aromatic heterocycles. The third-order valence-corrected chi connectivity index (χ3v) is 3.32. The normalized spacial score (nSPS) is 13.1. The number of nitrogens with one attached hydrogen (secondary N) is 2. The van der Waals surface area contributed by atoms with E-state index in [0.29, 0.717) is 0 Å². The molecule has 0 spiro atoms. The second-order valence-electron chi connectivity index (χ2n) is 5.02. The zero-order valence-electron chi connectivity index (χ0n) is 13.0. The minimum Gasteiger partial charge on any atom is -0.592 e. The number of amides is 1. The Morgan fingerprint density at radius 3 is 2.75 bits per heavy atom. The van der Waals surface area contributed by atoms with Crippen molar-refractivity contribution < 1.29 is 24.8 Å². The van der Waals surface area contributed by atoms with E-state index in [1.54, 1.807) is 0 Å². The Bertz CT molecular complexity index is 686. The highest BCUT2D eigenvalue weighted by Gasteiger charge is 2.23. The van der Waals surface area contributed by atoms with Crippen molar-refractivity contribution in [3.05, 3.63) is 53.5 Å². The van der Waals surface area contributed by atoms with E-state index in [4.69, 9.17) is 9.94 Å². The summed E-state index contributed by atoms with van der Waals surface area (Å²) < 4.78 is 5.90. The van der Waals surface area contributed by atoms with Crippen LogP contribution in [0.1, 0.15) is 5.56 Å². The smallest absolute Gasteiger partial charge is 0.341 e. The van der Waals surface area contributed by atoms with Crippen LogP contribution in [0, 0.1) is 5.21 Å². The Morgan fingerprint density at radius 2 is 2.12 bits per heavy atom. The van der Waals surface area contributed by atoms with Gasteiger partial charge in [0.05, 0.1) is 13.3 Å². The molecule has 0 aliphatic carbocycles. The number of aromatic nitrogens is 2. The zero-order valence-corrected chi connectivity index (χ0v) is 13.0. The van der Waals surface area contributed by atoms with E-state index >= 15 is 0 Å². The number of nitrogens with zero attached hydrogens (tertiary/aromatic N) is 2. The van der Waals surface area contributed by atoms with Gasteiger partial charge in [-0.15, -0.1) is 0 Å². The highest BCUT2D eigenvalue weighted by Crippen LogP contribution is 2.05. The molecule has 2 unspecified atom stereocenters. The lowest BCUT2D eigenvalue weighted by Gasteiger charge is -2.17. The summed E-state index contributed by atoms with van der Waals surface area (Å²) in [6.45, 7) is -0.260. The van der Waals surface area contributed by atoms with Gasteiger partial charge in [-0.2, -0.15) is 10.2 Å². The Labute approximate surface area is 138 Å². The van der Waals surface area contributed by atoms with Crippen LogP contribution in [0.15, 0.2) is 42.7 Å². The molecule has 2 aromatic rings. The maximum Gasteiger partial charge on any atom is 0.341 e. The molecule has 9 nitrogen and oxygen atoms in total. The van der Waals surface area contributed by atoms with Gasteiger partial charge < -0.3 is 15.3 Å². The third kappa shape index (κ3) is 4.62. The molecule has 2 rings (SSSR count). The summed E-state index contributed by atoms with van der Waals surface area (Å²) in [7, 11) is 1.24. The number of hydrogen-bond acceptors (Lipinski definition) is 6. The van der Waals surface area contributed by atoms with E-state index in [2.05, 4.69) is 10.3 Å². The molecule has 0 saturated carbocycles. The second-order valence-corrected chi connectivity index (χ2v) is 5.02. The lowest BCUT2D eigenvalue weighted by molar-refractivity contribution is -0.995. The summed E-state index contributed by atoms with van der Waals surface area (Å²) in [4.78, 5) is 27.7. The molecule has 9 heteroatoms. The fourth-order valence-corrected chi connectivity index (χ4v) is 2.21. The van der Waals surface area contributed by atoms with E-state index in [1.165, 1.54) is 24.1 Å². The van der Waals surface area contributed by atoms with Crippen molar-refractivity contribution in [2.24, 2.45) is 0 Å². The SMILES string of the molecule is COC(=O)C(Cc1ccccc1)NC(=O)Cn1ccnc1[NH+]([O-])O. The number of quaternary nitrogens is 1. The van der Waals surface area contributed by atoms with Gasteiger partial charge in [-0.3, -0.25) is 9.36 Å². The fraction of sp³-hybridized carbons (Fsp3) is 0.267. The van der Waals surface area contributed by atoms with Gasteiger partial charge in [0.1, 0.15) is 12.6 Å². The molecule has 0 aliphatic heterocycles. The summed E-state index contributed by atoms with van der Waals surface area (Å²) >= 11 is 0. The van der Waals surface area contributed by atoms with Crippen LogP contribution in [0.2, 0.25) is 0 Å². The first kappa shape index (κ1) is 17.6. The lowest BCUT2D eigenvalue weighted by Crippen LogP contribution is -3.00. The molecular weight excluding hydrogens is 316 g/mol. The molecule has 128 valence electrons. The number of carbonyl (C=O) groups is 2. The molecule has 1 amide bonds. The topological polar surface area (TPSA) is 121 Å².